The molecular formula is C6H14N2. The van der Waals surface area contributed by atoms with Crippen LogP contribution in [0.25, 0.3) is 0 Å². The number of amidine groups is 1. The Morgan fingerprint density at radius 3 is 2.25 bits per heavy atom. The molecule has 2 heteroatoms. The third-order valence-electron chi connectivity index (χ3n) is 1.35. The zero-order valence-corrected chi connectivity index (χ0v) is 6.10. The van der Waals surface area contributed by atoms with E-state index in [9.17, 15) is 0 Å². The summed E-state index contributed by atoms with van der Waals surface area (Å²) >= 11 is 0. The van der Waals surface area contributed by atoms with E-state index in [-0.39, 0.29) is 0 Å². The second-order valence-corrected chi connectivity index (χ2v) is 1.78. The van der Waals surface area contributed by atoms with Gasteiger partial charge in [-0.15, -0.1) is 0 Å². The van der Waals surface area contributed by atoms with Gasteiger partial charge in [0.05, 0.1) is 5.84 Å². The van der Waals surface area contributed by atoms with Gasteiger partial charge in [-0.25, -0.2) is 0 Å². The van der Waals surface area contributed by atoms with E-state index in [0.29, 0.717) is 0 Å². The van der Waals surface area contributed by atoms with E-state index in [0.717, 1.165) is 12.4 Å². The highest BCUT2D eigenvalue weighted by Crippen LogP contribution is 1.82. The quantitative estimate of drug-likeness (QED) is 0.366. The van der Waals surface area contributed by atoms with Gasteiger partial charge in [-0.1, -0.05) is 0 Å². The molecule has 0 saturated heterocycles. The summed E-state index contributed by atoms with van der Waals surface area (Å²) < 4.78 is 0. The fourth-order valence-corrected chi connectivity index (χ4v) is 0.400. The van der Waals surface area contributed by atoms with E-state index in [1.165, 1.54) is 0 Å². The molecule has 0 aliphatic heterocycles. The fraction of sp³-hybridized carbons (Fsp3) is 0.833. The molecule has 0 rings (SSSR count). The van der Waals surface area contributed by atoms with Crippen molar-refractivity contribution < 1.29 is 0 Å². The van der Waals surface area contributed by atoms with Crippen LogP contribution in [-0.2, 0) is 0 Å². The van der Waals surface area contributed by atoms with Crippen LogP contribution < -0.4 is 0 Å². The summed E-state index contributed by atoms with van der Waals surface area (Å²) in [6.45, 7) is 5.14. The van der Waals surface area contributed by atoms with Gasteiger partial charge in [-0.2, -0.15) is 0 Å². The van der Waals surface area contributed by atoms with Crippen LogP contribution in [-0.4, -0.2) is 31.4 Å². The minimum absolute atomic E-state index is 1.03. The van der Waals surface area contributed by atoms with E-state index >= 15 is 0 Å². The molecule has 0 atom stereocenters. The summed E-state index contributed by atoms with van der Waals surface area (Å²) in [7, 11) is 3.84. The Labute approximate surface area is 51.2 Å². The Balaban J connectivity index is 3.63. The maximum Gasteiger partial charge on any atom is 0.0951 e. The molecule has 2 nitrogen and oxygen atoms in total. The van der Waals surface area contributed by atoms with Gasteiger partial charge >= 0.3 is 0 Å². The zero-order chi connectivity index (χ0) is 6.57. The lowest BCUT2D eigenvalue weighted by atomic mass is 10.5. The number of hydrogen-bond acceptors (Lipinski definition) is 1. The van der Waals surface area contributed by atoms with Crippen LogP contribution in [0.2, 0.25) is 0 Å². The molecule has 0 aromatic carbocycles. The molecule has 0 amide bonds. The molecule has 0 saturated carbocycles. The van der Waals surface area contributed by atoms with E-state index in [1.54, 1.807) is 0 Å². The van der Waals surface area contributed by atoms with Crippen LogP contribution in [0.4, 0.5) is 0 Å². The van der Waals surface area contributed by atoms with Gasteiger partial charge in [0.25, 0.3) is 0 Å². The first kappa shape index (κ1) is 7.47. The van der Waals surface area contributed by atoms with Crippen LogP contribution >= 0.6 is 0 Å². The molecule has 0 aliphatic carbocycles. The van der Waals surface area contributed by atoms with Gasteiger partial charge in [-0.05, 0) is 13.8 Å². The highest BCUT2D eigenvalue weighted by molar-refractivity contribution is 5.79. The maximum atomic E-state index is 4.00. The van der Waals surface area contributed by atoms with Crippen LogP contribution in [0.5, 0.6) is 0 Å². The normalized spacial score (nSPS) is 11.8. The monoisotopic (exact) mass is 114 g/mol. The zero-order valence-electron chi connectivity index (χ0n) is 6.10. The van der Waals surface area contributed by atoms with Crippen molar-refractivity contribution in [2.75, 3.05) is 20.6 Å². The SMILES string of the molecule is CCN(C)/C(C)=N/C. The first-order chi connectivity index (χ1) is 3.72. The summed E-state index contributed by atoms with van der Waals surface area (Å²) in [4.78, 5) is 6.10. The Morgan fingerprint density at radius 1 is 1.62 bits per heavy atom. The number of rotatable bonds is 1. The molecule has 0 aromatic heterocycles. The Kier molecular flexibility index (Phi) is 3.24. The summed E-state index contributed by atoms with van der Waals surface area (Å²) in [5.41, 5.74) is 0. The second-order valence-electron chi connectivity index (χ2n) is 1.78. The lowest BCUT2D eigenvalue weighted by molar-refractivity contribution is 0.531. The van der Waals surface area contributed by atoms with Crippen LogP contribution in [0.1, 0.15) is 13.8 Å². The third kappa shape index (κ3) is 1.96. The molecule has 0 N–H and O–H groups in total. The molecule has 8 heavy (non-hydrogen) atoms. The van der Waals surface area contributed by atoms with Crippen LogP contribution in [0.15, 0.2) is 4.99 Å². The number of nitrogens with zero attached hydrogens (tertiary/aromatic N) is 2. The van der Waals surface area contributed by atoms with Crippen LogP contribution in [0, 0.1) is 0 Å². The summed E-state index contributed by atoms with van der Waals surface area (Å²) in [6, 6.07) is 0. The highest BCUT2D eigenvalue weighted by Gasteiger charge is 1.91. The van der Waals surface area contributed by atoms with Crippen molar-refractivity contribution in [3.63, 3.8) is 0 Å². The standard InChI is InChI=1S/C6H14N2/c1-5-8(4)6(2)7-3/h5H2,1-4H3/b7-6+. The Bertz CT molecular complexity index is 86.5. The Morgan fingerprint density at radius 2 is 2.12 bits per heavy atom. The first-order valence-electron chi connectivity index (χ1n) is 2.86. The predicted octanol–water partition coefficient (Wildman–Crippen LogP) is 0.986. The van der Waals surface area contributed by atoms with Crippen LogP contribution in [0.3, 0.4) is 0 Å². The van der Waals surface area contributed by atoms with Crippen molar-refractivity contribution >= 4 is 5.84 Å². The lowest BCUT2D eigenvalue weighted by Crippen LogP contribution is -2.23. The summed E-state index contributed by atoms with van der Waals surface area (Å²) in [5.74, 6) is 1.09. The molecule has 0 spiro atoms. The van der Waals surface area contributed by atoms with Gasteiger partial charge in [-0.3, -0.25) is 4.99 Å². The average molecular weight is 114 g/mol. The van der Waals surface area contributed by atoms with Crippen molar-refractivity contribution in [2.45, 2.75) is 13.8 Å². The Hall–Kier alpha value is -0.530. The molecular weight excluding hydrogens is 100 g/mol. The first-order valence-corrected chi connectivity index (χ1v) is 2.86. The van der Waals surface area contributed by atoms with Gasteiger partial charge in [0.15, 0.2) is 0 Å². The van der Waals surface area contributed by atoms with Crippen molar-refractivity contribution in [1.29, 1.82) is 0 Å². The number of hydrogen-bond donors (Lipinski definition) is 0. The molecule has 0 aliphatic rings. The molecule has 0 aromatic rings. The van der Waals surface area contributed by atoms with Crippen molar-refractivity contribution in [2.24, 2.45) is 4.99 Å². The van der Waals surface area contributed by atoms with E-state index in [1.807, 2.05) is 21.0 Å². The van der Waals surface area contributed by atoms with E-state index in [2.05, 4.69) is 16.8 Å². The minimum Gasteiger partial charge on any atom is -0.364 e. The molecule has 0 fully saturated rings. The molecule has 0 unspecified atom stereocenters. The predicted molar refractivity (Wildman–Crippen MR) is 37.3 cm³/mol. The van der Waals surface area contributed by atoms with Gasteiger partial charge in [0.1, 0.15) is 0 Å². The average Bonchev–Trinajstić information content (AvgIpc) is 1.84. The van der Waals surface area contributed by atoms with Crippen molar-refractivity contribution in [3.05, 3.63) is 0 Å². The van der Waals surface area contributed by atoms with Crippen molar-refractivity contribution in [3.8, 4) is 0 Å². The number of aliphatic imine (C=N–C) groups is 1. The second kappa shape index (κ2) is 3.47. The lowest BCUT2D eigenvalue weighted by Gasteiger charge is -2.14. The topological polar surface area (TPSA) is 15.6 Å². The molecule has 0 radical (unpaired) electrons. The summed E-state index contributed by atoms with van der Waals surface area (Å²) in [6.07, 6.45) is 0. The molecule has 0 heterocycles. The molecule has 48 valence electrons. The van der Waals surface area contributed by atoms with E-state index < -0.39 is 0 Å². The molecule has 0 bridgehead atoms. The van der Waals surface area contributed by atoms with Gasteiger partial charge < -0.3 is 4.90 Å². The maximum absolute atomic E-state index is 4.00. The third-order valence-corrected chi connectivity index (χ3v) is 1.35. The summed E-state index contributed by atoms with van der Waals surface area (Å²) in [5, 5.41) is 0. The van der Waals surface area contributed by atoms with Gasteiger partial charge in [0.2, 0.25) is 0 Å². The highest BCUT2D eigenvalue weighted by atomic mass is 15.1. The van der Waals surface area contributed by atoms with Gasteiger partial charge in [0, 0.05) is 20.6 Å². The smallest absolute Gasteiger partial charge is 0.0951 e. The minimum atomic E-state index is 1.03. The largest absolute Gasteiger partial charge is 0.364 e. The van der Waals surface area contributed by atoms with Crippen molar-refractivity contribution in [1.82, 2.24) is 4.90 Å². The fourth-order valence-electron chi connectivity index (χ4n) is 0.400. The van der Waals surface area contributed by atoms with E-state index in [4.69, 9.17) is 0 Å².